The fourth-order valence-corrected chi connectivity index (χ4v) is 3.47. The number of carbonyl (C=O) groups is 1. The zero-order chi connectivity index (χ0) is 16.0. The van der Waals surface area contributed by atoms with Crippen molar-refractivity contribution in [3.63, 3.8) is 0 Å². The third kappa shape index (κ3) is 2.65. The summed E-state index contributed by atoms with van der Waals surface area (Å²) in [4.78, 5) is 16.5. The van der Waals surface area contributed by atoms with E-state index in [0.29, 0.717) is 11.3 Å². The van der Waals surface area contributed by atoms with Gasteiger partial charge in [-0.15, -0.1) is 0 Å². The Labute approximate surface area is 164 Å². The third-order valence-corrected chi connectivity index (χ3v) is 4.83. The standard InChI is InChI=1S/C19H13BrN2O.HI/c1-22-11-10-13-12-6-3-5-9-16(12)21-17(13)18(22)19(23)14-7-2-4-8-15(14)20;/h2-11H,1H3;1H. The average Bonchev–Trinajstić information content (AvgIpc) is 2.93. The molecule has 2 aromatic heterocycles. The Bertz CT molecular complexity index is 1070. The number of para-hydroxylation sites is 1. The normalized spacial score (nSPS) is 10.8. The Balaban J connectivity index is 0.00000169. The fraction of sp³-hybridized carbons (Fsp3) is 0.0526. The van der Waals surface area contributed by atoms with Crippen LogP contribution in [0.15, 0.2) is 65.3 Å². The number of aromatic amines is 1. The summed E-state index contributed by atoms with van der Waals surface area (Å²) in [5.41, 5.74) is 3.23. The van der Waals surface area contributed by atoms with Crippen molar-refractivity contribution >= 4 is 43.5 Å². The number of aromatic nitrogens is 2. The Hall–Kier alpha value is -1.73. The number of aryl methyl sites for hydroxylation is 1. The van der Waals surface area contributed by atoms with E-state index in [2.05, 4.69) is 27.0 Å². The molecular formula is C19H14BrIN2O. The van der Waals surface area contributed by atoms with Crippen LogP contribution in [0.3, 0.4) is 0 Å². The van der Waals surface area contributed by atoms with Crippen molar-refractivity contribution in [1.29, 1.82) is 0 Å². The highest BCUT2D eigenvalue weighted by molar-refractivity contribution is 9.10. The quantitative estimate of drug-likeness (QED) is 0.254. The molecule has 0 saturated carbocycles. The molecule has 4 rings (SSSR count). The van der Waals surface area contributed by atoms with Crippen molar-refractivity contribution in [3.05, 3.63) is 76.5 Å². The molecule has 0 radical (unpaired) electrons. The summed E-state index contributed by atoms with van der Waals surface area (Å²) < 4.78 is 2.68. The highest BCUT2D eigenvalue weighted by atomic mass is 127. The van der Waals surface area contributed by atoms with Crippen molar-refractivity contribution in [2.24, 2.45) is 7.05 Å². The second kappa shape index (κ2) is 6.64. The molecule has 0 aliphatic rings. The van der Waals surface area contributed by atoms with Gasteiger partial charge in [0.25, 0.3) is 11.5 Å². The first kappa shape index (κ1) is 17.1. The highest BCUT2D eigenvalue weighted by Crippen LogP contribution is 2.28. The van der Waals surface area contributed by atoms with Gasteiger partial charge >= 0.3 is 0 Å². The zero-order valence-electron chi connectivity index (χ0n) is 12.9. The lowest BCUT2D eigenvalue weighted by molar-refractivity contribution is -0.672. The summed E-state index contributed by atoms with van der Waals surface area (Å²) in [5.74, 6) is -0.00266. The predicted molar refractivity (Wildman–Crippen MR) is 94.6 cm³/mol. The summed E-state index contributed by atoms with van der Waals surface area (Å²) in [7, 11) is 1.90. The maximum Gasteiger partial charge on any atom is 0.277 e. The molecule has 3 nitrogen and oxygen atoms in total. The number of hydrogen-bond donors (Lipinski definition) is 1. The fourth-order valence-electron chi connectivity index (χ4n) is 3.01. The molecule has 0 aliphatic carbocycles. The van der Waals surface area contributed by atoms with E-state index in [-0.39, 0.29) is 29.8 Å². The maximum atomic E-state index is 13.1. The molecule has 1 N–H and O–H groups in total. The van der Waals surface area contributed by atoms with Gasteiger partial charge in [0, 0.05) is 32.4 Å². The molecular weight excluding hydrogens is 479 g/mol. The van der Waals surface area contributed by atoms with Crippen LogP contribution in [0.5, 0.6) is 0 Å². The summed E-state index contributed by atoms with van der Waals surface area (Å²) in [6, 6.07) is 17.7. The van der Waals surface area contributed by atoms with Crippen molar-refractivity contribution in [3.8, 4) is 0 Å². The van der Waals surface area contributed by atoms with Gasteiger partial charge in [-0.2, -0.15) is 4.57 Å². The number of nitrogens with one attached hydrogen (secondary N) is 1. The molecule has 0 aliphatic heterocycles. The third-order valence-electron chi connectivity index (χ3n) is 4.13. The minimum Gasteiger partial charge on any atom is -1.00 e. The number of ketones is 1. The number of hydrogen-bond acceptors (Lipinski definition) is 1. The van der Waals surface area contributed by atoms with Crippen LogP contribution in [0.4, 0.5) is 0 Å². The molecule has 0 unspecified atom stereocenters. The van der Waals surface area contributed by atoms with Crippen LogP contribution in [0.25, 0.3) is 21.8 Å². The Morgan fingerprint density at radius 1 is 1.00 bits per heavy atom. The summed E-state index contributed by atoms with van der Waals surface area (Å²) >= 11 is 3.48. The average molecular weight is 493 g/mol. The van der Waals surface area contributed by atoms with Gasteiger partial charge in [0.2, 0.25) is 0 Å². The molecule has 4 aromatic rings. The Kier molecular flexibility index (Phi) is 4.73. The van der Waals surface area contributed by atoms with E-state index in [1.54, 1.807) is 0 Å². The van der Waals surface area contributed by atoms with Crippen molar-refractivity contribution < 1.29 is 33.3 Å². The number of pyridine rings is 1. The Morgan fingerprint density at radius 2 is 1.71 bits per heavy atom. The van der Waals surface area contributed by atoms with Crippen molar-refractivity contribution in [2.45, 2.75) is 0 Å². The van der Waals surface area contributed by atoms with Crippen LogP contribution >= 0.6 is 15.9 Å². The lowest BCUT2D eigenvalue weighted by atomic mass is 10.1. The van der Waals surface area contributed by atoms with Crippen LogP contribution in [-0.4, -0.2) is 10.8 Å². The molecule has 2 heterocycles. The smallest absolute Gasteiger partial charge is 0.277 e. The van der Waals surface area contributed by atoms with Crippen LogP contribution < -0.4 is 28.5 Å². The minimum absolute atomic E-state index is 0. The second-order valence-electron chi connectivity index (χ2n) is 5.54. The van der Waals surface area contributed by atoms with Gasteiger partial charge in [0.05, 0.1) is 0 Å². The van der Waals surface area contributed by atoms with E-state index < -0.39 is 0 Å². The number of fused-ring (bicyclic) bond motifs is 3. The van der Waals surface area contributed by atoms with Gasteiger partial charge in [-0.25, -0.2) is 0 Å². The van der Waals surface area contributed by atoms with E-state index >= 15 is 0 Å². The van der Waals surface area contributed by atoms with E-state index in [1.807, 2.05) is 66.3 Å². The summed E-state index contributed by atoms with van der Waals surface area (Å²) in [6.07, 6.45) is 1.94. The monoisotopic (exact) mass is 492 g/mol. The summed E-state index contributed by atoms with van der Waals surface area (Å²) in [5, 5.41) is 2.19. The second-order valence-corrected chi connectivity index (χ2v) is 6.40. The van der Waals surface area contributed by atoms with E-state index in [1.165, 1.54) is 0 Å². The van der Waals surface area contributed by atoms with Crippen LogP contribution in [0.2, 0.25) is 0 Å². The van der Waals surface area contributed by atoms with Crippen molar-refractivity contribution in [1.82, 2.24) is 4.98 Å². The number of benzene rings is 2. The molecule has 24 heavy (non-hydrogen) atoms. The van der Waals surface area contributed by atoms with Crippen LogP contribution in [0, 0.1) is 0 Å². The lowest BCUT2D eigenvalue weighted by Gasteiger charge is -2.03. The largest absolute Gasteiger partial charge is 1.00 e. The molecule has 0 fully saturated rings. The van der Waals surface area contributed by atoms with E-state index in [4.69, 9.17) is 0 Å². The van der Waals surface area contributed by atoms with Gasteiger partial charge in [0.1, 0.15) is 12.6 Å². The topological polar surface area (TPSA) is 36.7 Å². The van der Waals surface area contributed by atoms with Gasteiger partial charge < -0.3 is 29.0 Å². The molecule has 0 saturated heterocycles. The molecule has 2 aromatic carbocycles. The maximum absolute atomic E-state index is 13.1. The molecule has 120 valence electrons. The first-order valence-corrected chi connectivity index (χ1v) is 8.14. The van der Waals surface area contributed by atoms with Crippen LogP contribution in [0.1, 0.15) is 16.1 Å². The number of carbonyl (C=O) groups excluding carboxylic acids is 1. The lowest BCUT2D eigenvalue weighted by Crippen LogP contribution is -3.00. The van der Waals surface area contributed by atoms with Gasteiger partial charge in [0.15, 0.2) is 6.20 Å². The SMILES string of the molecule is C[n+]1ccc2c([nH]c3ccccc32)c1C(=O)c1ccccc1Br.[I-]. The first-order valence-electron chi connectivity index (χ1n) is 7.35. The number of nitrogens with zero attached hydrogens (tertiary/aromatic N) is 1. The zero-order valence-corrected chi connectivity index (χ0v) is 16.6. The molecule has 0 spiro atoms. The van der Waals surface area contributed by atoms with Gasteiger partial charge in [-0.1, -0.05) is 46.3 Å². The Morgan fingerprint density at radius 3 is 2.50 bits per heavy atom. The van der Waals surface area contributed by atoms with E-state index in [9.17, 15) is 4.79 Å². The molecule has 0 bridgehead atoms. The summed E-state index contributed by atoms with van der Waals surface area (Å²) in [6.45, 7) is 0. The number of halogens is 2. The first-order chi connectivity index (χ1) is 11.2. The van der Waals surface area contributed by atoms with Crippen molar-refractivity contribution in [2.75, 3.05) is 0 Å². The molecule has 0 atom stereocenters. The molecule has 5 heteroatoms. The number of rotatable bonds is 2. The van der Waals surface area contributed by atoms with Gasteiger partial charge in [-0.3, -0.25) is 4.79 Å². The number of H-pyrrole nitrogens is 1. The molecule has 0 amide bonds. The van der Waals surface area contributed by atoms with E-state index in [0.717, 1.165) is 26.3 Å². The minimum atomic E-state index is -0.00266. The predicted octanol–water partition coefficient (Wildman–Crippen LogP) is 1.14. The highest BCUT2D eigenvalue weighted by Gasteiger charge is 2.26. The van der Waals surface area contributed by atoms with Crippen LogP contribution in [-0.2, 0) is 7.05 Å². The van der Waals surface area contributed by atoms with Gasteiger partial charge in [-0.05, 0) is 18.2 Å².